The van der Waals surface area contributed by atoms with Gasteiger partial charge < -0.3 is 10.6 Å². The summed E-state index contributed by atoms with van der Waals surface area (Å²) in [6, 6.07) is 0.598. The first kappa shape index (κ1) is 13.5. The van der Waals surface area contributed by atoms with Gasteiger partial charge in [-0.1, -0.05) is 6.92 Å². The lowest BCUT2D eigenvalue weighted by Gasteiger charge is -2.33. The van der Waals surface area contributed by atoms with E-state index in [1.54, 1.807) is 0 Å². The number of carbonyl (C=O) groups excluding carboxylic acids is 1. The molecule has 0 aromatic heterocycles. The predicted molar refractivity (Wildman–Crippen MR) is 67.1 cm³/mol. The van der Waals surface area contributed by atoms with Crippen LogP contribution < -0.4 is 5.73 Å². The van der Waals surface area contributed by atoms with Crippen LogP contribution in [0.4, 0.5) is 0 Å². The highest BCUT2D eigenvalue weighted by Crippen LogP contribution is 2.26. The lowest BCUT2D eigenvalue weighted by atomic mass is 9.86. The normalized spacial score (nSPS) is 27.5. The Labute approximate surface area is 99.4 Å². The Hall–Kier alpha value is -0.570. The molecule has 1 saturated carbocycles. The Balaban J connectivity index is 2.32. The highest BCUT2D eigenvalue weighted by molar-refractivity contribution is 5.76. The molecule has 1 aliphatic carbocycles. The second-order valence-electron chi connectivity index (χ2n) is 5.43. The molecule has 0 heterocycles. The summed E-state index contributed by atoms with van der Waals surface area (Å²) < 4.78 is 0. The van der Waals surface area contributed by atoms with Crippen LogP contribution in [0.1, 0.15) is 52.4 Å². The van der Waals surface area contributed by atoms with E-state index >= 15 is 0 Å². The number of amides is 1. The van der Waals surface area contributed by atoms with Gasteiger partial charge in [-0.05, 0) is 44.9 Å². The maximum atomic E-state index is 11.9. The van der Waals surface area contributed by atoms with Crippen molar-refractivity contribution in [2.75, 3.05) is 7.05 Å². The molecule has 0 aromatic rings. The molecule has 0 bridgehead atoms. The number of hydrogen-bond acceptors (Lipinski definition) is 2. The van der Waals surface area contributed by atoms with Crippen molar-refractivity contribution in [2.24, 2.45) is 11.7 Å². The van der Waals surface area contributed by atoms with E-state index < -0.39 is 0 Å². The number of nitrogens with zero attached hydrogens (tertiary/aromatic N) is 1. The molecular weight excluding hydrogens is 200 g/mol. The van der Waals surface area contributed by atoms with Gasteiger partial charge in [0.1, 0.15) is 0 Å². The first-order valence-corrected chi connectivity index (χ1v) is 6.52. The summed E-state index contributed by atoms with van der Waals surface area (Å²) in [7, 11) is 1.95. The van der Waals surface area contributed by atoms with Crippen LogP contribution in [0.25, 0.3) is 0 Å². The molecule has 0 saturated heterocycles. The van der Waals surface area contributed by atoms with Gasteiger partial charge in [-0.2, -0.15) is 0 Å². The number of rotatable bonds is 4. The first-order chi connectivity index (χ1) is 7.50. The number of carbonyl (C=O) groups is 1. The Morgan fingerprint density at radius 3 is 2.44 bits per heavy atom. The molecule has 0 aromatic carbocycles. The molecular formula is C13H26N2O. The second-order valence-corrected chi connectivity index (χ2v) is 5.43. The summed E-state index contributed by atoms with van der Waals surface area (Å²) in [6.45, 7) is 4.25. The highest BCUT2D eigenvalue weighted by atomic mass is 16.2. The molecule has 1 amide bonds. The summed E-state index contributed by atoms with van der Waals surface area (Å²) >= 11 is 0. The van der Waals surface area contributed by atoms with Crippen molar-refractivity contribution in [1.29, 1.82) is 0 Å². The molecule has 1 aliphatic rings. The molecule has 3 heteroatoms. The van der Waals surface area contributed by atoms with Crippen LogP contribution in [0, 0.1) is 5.92 Å². The van der Waals surface area contributed by atoms with Crippen molar-refractivity contribution in [3.8, 4) is 0 Å². The molecule has 1 unspecified atom stereocenters. The summed E-state index contributed by atoms with van der Waals surface area (Å²) in [6.07, 6.45) is 6.25. The van der Waals surface area contributed by atoms with Gasteiger partial charge in [0.2, 0.25) is 5.91 Å². The molecule has 0 radical (unpaired) electrons. The molecule has 2 N–H and O–H groups in total. The predicted octanol–water partition coefficient (Wildman–Crippen LogP) is 2.15. The van der Waals surface area contributed by atoms with Gasteiger partial charge in [0.25, 0.3) is 0 Å². The van der Waals surface area contributed by atoms with Crippen LogP contribution in [0.5, 0.6) is 0 Å². The van der Waals surface area contributed by atoms with Crippen LogP contribution in [0.2, 0.25) is 0 Å². The van der Waals surface area contributed by atoms with E-state index in [2.05, 4.69) is 6.92 Å². The molecule has 94 valence electrons. The Morgan fingerprint density at radius 1 is 1.38 bits per heavy atom. The van der Waals surface area contributed by atoms with Crippen LogP contribution in [-0.4, -0.2) is 29.9 Å². The maximum Gasteiger partial charge on any atom is 0.222 e. The third kappa shape index (κ3) is 4.12. The van der Waals surface area contributed by atoms with E-state index in [9.17, 15) is 4.79 Å². The Morgan fingerprint density at radius 2 is 1.94 bits per heavy atom. The average molecular weight is 226 g/mol. The van der Waals surface area contributed by atoms with Gasteiger partial charge in [-0.3, -0.25) is 4.79 Å². The quantitative estimate of drug-likeness (QED) is 0.798. The van der Waals surface area contributed by atoms with Gasteiger partial charge in [0.05, 0.1) is 0 Å². The summed E-state index contributed by atoms with van der Waals surface area (Å²) in [5.74, 6) is 1.10. The van der Waals surface area contributed by atoms with E-state index in [4.69, 9.17) is 5.73 Å². The third-order valence-electron chi connectivity index (χ3n) is 3.74. The van der Waals surface area contributed by atoms with Crippen molar-refractivity contribution in [1.82, 2.24) is 4.90 Å². The average Bonchev–Trinajstić information content (AvgIpc) is 2.26. The van der Waals surface area contributed by atoms with Crippen LogP contribution >= 0.6 is 0 Å². The zero-order chi connectivity index (χ0) is 12.1. The van der Waals surface area contributed by atoms with E-state index in [-0.39, 0.29) is 11.9 Å². The van der Waals surface area contributed by atoms with Crippen molar-refractivity contribution in [3.05, 3.63) is 0 Å². The molecule has 1 rings (SSSR count). The van der Waals surface area contributed by atoms with E-state index in [0.29, 0.717) is 12.5 Å². The minimum atomic E-state index is 0.128. The van der Waals surface area contributed by atoms with Crippen molar-refractivity contribution in [2.45, 2.75) is 64.5 Å². The molecule has 0 spiro atoms. The first-order valence-electron chi connectivity index (χ1n) is 6.52. The van der Waals surface area contributed by atoms with Gasteiger partial charge in [-0.25, -0.2) is 0 Å². The topological polar surface area (TPSA) is 46.3 Å². The van der Waals surface area contributed by atoms with Gasteiger partial charge in [0.15, 0.2) is 0 Å². The van der Waals surface area contributed by atoms with E-state index in [1.165, 1.54) is 25.7 Å². The molecule has 1 fully saturated rings. The van der Waals surface area contributed by atoms with Crippen LogP contribution in [-0.2, 0) is 4.79 Å². The third-order valence-corrected chi connectivity index (χ3v) is 3.74. The fourth-order valence-electron chi connectivity index (χ4n) is 2.36. The van der Waals surface area contributed by atoms with E-state index in [1.807, 2.05) is 18.9 Å². The summed E-state index contributed by atoms with van der Waals surface area (Å²) in [5, 5.41) is 0. The largest absolute Gasteiger partial charge is 0.343 e. The van der Waals surface area contributed by atoms with Crippen molar-refractivity contribution >= 4 is 5.91 Å². The second kappa shape index (κ2) is 6.24. The molecule has 16 heavy (non-hydrogen) atoms. The Kier molecular flexibility index (Phi) is 5.26. The standard InChI is InChI=1S/C13H26N2O/c1-10-4-7-12(8-5-10)15(3)13(16)9-6-11(2)14/h10-12H,4-9,14H2,1-3H3. The smallest absolute Gasteiger partial charge is 0.222 e. The highest BCUT2D eigenvalue weighted by Gasteiger charge is 2.24. The monoisotopic (exact) mass is 226 g/mol. The zero-order valence-electron chi connectivity index (χ0n) is 10.9. The molecule has 3 nitrogen and oxygen atoms in total. The van der Waals surface area contributed by atoms with Gasteiger partial charge in [-0.15, -0.1) is 0 Å². The number of hydrogen-bond donors (Lipinski definition) is 1. The minimum Gasteiger partial charge on any atom is -0.343 e. The number of nitrogens with two attached hydrogens (primary N) is 1. The molecule has 0 aliphatic heterocycles. The lowest BCUT2D eigenvalue weighted by molar-refractivity contribution is -0.132. The van der Waals surface area contributed by atoms with E-state index in [0.717, 1.165) is 12.3 Å². The van der Waals surface area contributed by atoms with Gasteiger partial charge >= 0.3 is 0 Å². The maximum absolute atomic E-state index is 11.9. The lowest BCUT2D eigenvalue weighted by Crippen LogP contribution is -2.39. The minimum absolute atomic E-state index is 0.128. The Bertz CT molecular complexity index is 220. The van der Waals surface area contributed by atoms with Crippen molar-refractivity contribution < 1.29 is 4.79 Å². The summed E-state index contributed by atoms with van der Waals surface area (Å²) in [4.78, 5) is 13.9. The zero-order valence-corrected chi connectivity index (χ0v) is 10.9. The fraction of sp³-hybridized carbons (Fsp3) is 0.923. The molecule has 1 atom stereocenters. The fourth-order valence-corrected chi connectivity index (χ4v) is 2.36. The van der Waals surface area contributed by atoms with Crippen LogP contribution in [0.15, 0.2) is 0 Å². The SMILES string of the molecule is CC(N)CCC(=O)N(C)C1CCC(C)CC1. The van der Waals surface area contributed by atoms with Crippen LogP contribution in [0.3, 0.4) is 0 Å². The van der Waals surface area contributed by atoms with Gasteiger partial charge in [0, 0.05) is 25.6 Å². The summed E-state index contributed by atoms with van der Waals surface area (Å²) in [5.41, 5.74) is 5.67. The van der Waals surface area contributed by atoms with Crippen molar-refractivity contribution in [3.63, 3.8) is 0 Å².